The Balaban J connectivity index is 1.53. The summed E-state index contributed by atoms with van der Waals surface area (Å²) >= 11 is 1.80. The van der Waals surface area contributed by atoms with Gasteiger partial charge in [-0.1, -0.05) is 12.1 Å². The standard InChI is InChI=1S/C21H31N5S/c1-15-7-6-8-19(16(15)2)25-11-13-26(14-12-25)21(22-5)23-10-9-20-17(3)24-18(4)27-20/h6-8H,9-14H2,1-5H3,(H,22,23). The van der Waals surface area contributed by atoms with Gasteiger partial charge in [0.15, 0.2) is 5.96 Å². The Labute approximate surface area is 167 Å². The van der Waals surface area contributed by atoms with Crippen LogP contribution in [0.15, 0.2) is 23.2 Å². The van der Waals surface area contributed by atoms with Crippen LogP contribution in [0.4, 0.5) is 5.69 Å². The lowest BCUT2D eigenvalue weighted by molar-refractivity contribution is 0.373. The van der Waals surface area contributed by atoms with Crippen molar-refractivity contribution in [2.24, 2.45) is 4.99 Å². The van der Waals surface area contributed by atoms with E-state index in [4.69, 9.17) is 0 Å². The maximum absolute atomic E-state index is 4.51. The zero-order valence-electron chi connectivity index (χ0n) is 17.2. The second-order valence-electron chi connectivity index (χ2n) is 7.16. The molecular weight excluding hydrogens is 354 g/mol. The molecule has 0 unspecified atom stereocenters. The normalized spacial score (nSPS) is 15.4. The smallest absolute Gasteiger partial charge is 0.193 e. The Kier molecular flexibility index (Phi) is 6.37. The van der Waals surface area contributed by atoms with Crippen molar-refractivity contribution in [2.75, 3.05) is 44.7 Å². The Morgan fingerprint density at radius 3 is 2.52 bits per heavy atom. The van der Waals surface area contributed by atoms with Crippen molar-refractivity contribution < 1.29 is 0 Å². The zero-order valence-corrected chi connectivity index (χ0v) is 18.0. The topological polar surface area (TPSA) is 43.8 Å². The Morgan fingerprint density at radius 1 is 1.15 bits per heavy atom. The highest BCUT2D eigenvalue weighted by Gasteiger charge is 2.21. The van der Waals surface area contributed by atoms with Crippen LogP contribution in [0.1, 0.15) is 26.7 Å². The molecule has 2 heterocycles. The molecule has 0 saturated carbocycles. The van der Waals surface area contributed by atoms with Crippen LogP contribution in [0, 0.1) is 27.7 Å². The number of guanidine groups is 1. The van der Waals surface area contributed by atoms with E-state index in [-0.39, 0.29) is 0 Å². The SMILES string of the molecule is CN=C(NCCc1sc(C)nc1C)N1CCN(c2cccc(C)c2C)CC1. The van der Waals surface area contributed by atoms with E-state index in [1.165, 1.54) is 21.7 Å². The fourth-order valence-electron chi connectivity index (χ4n) is 3.66. The van der Waals surface area contributed by atoms with Gasteiger partial charge in [0.2, 0.25) is 0 Å². The van der Waals surface area contributed by atoms with Crippen LogP contribution < -0.4 is 10.2 Å². The van der Waals surface area contributed by atoms with E-state index in [1.807, 2.05) is 7.05 Å². The minimum atomic E-state index is 0.895. The van der Waals surface area contributed by atoms with Gasteiger partial charge in [0.1, 0.15) is 0 Å². The van der Waals surface area contributed by atoms with Crippen molar-refractivity contribution in [3.63, 3.8) is 0 Å². The van der Waals surface area contributed by atoms with Crippen LogP contribution in [-0.4, -0.2) is 55.6 Å². The van der Waals surface area contributed by atoms with E-state index in [0.717, 1.165) is 55.8 Å². The Hall–Kier alpha value is -2.08. The number of anilines is 1. The number of nitrogens with zero attached hydrogens (tertiary/aromatic N) is 4. The highest BCUT2D eigenvalue weighted by atomic mass is 32.1. The number of piperazine rings is 1. The van der Waals surface area contributed by atoms with E-state index < -0.39 is 0 Å². The van der Waals surface area contributed by atoms with Crippen molar-refractivity contribution in [2.45, 2.75) is 34.1 Å². The van der Waals surface area contributed by atoms with Gasteiger partial charge in [-0.3, -0.25) is 4.99 Å². The van der Waals surface area contributed by atoms with Crippen LogP contribution in [0.5, 0.6) is 0 Å². The van der Waals surface area contributed by atoms with Crippen molar-refractivity contribution in [1.29, 1.82) is 0 Å². The molecule has 0 spiro atoms. The average Bonchev–Trinajstić information content (AvgIpc) is 2.98. The monoisotopic (exact) mass is 385 g/mol. The van der Waals surface area contributed by atoms with Gasteiger partial charge < -0.3 is 15.1 Å². The maximum Gasteiger partial charge on any atom is 0.193 e. The van der Waals surface area contributed by atoms with Crippen LogP contribution in [0.25, 0.3) is 0 Å². The number of hydrogen-bond acceptors (Lipinski definition) is 4. The van der Waals surface area contributed by atoms with E-state index in [0.29, 0.717) is 0 Å². The molecule has 1 N–H and O–H groups in total. The summed E-state index contributed by atoms with van der Waals surface area (Å²) < 4.78 is 0. The molecule has 146 valence electrons. The summed E-state index contributed by atoms with van der Waals surface area (Å²) in [6.45, 7) is 13.5. The number of benzene rings is 1. The number of nitrogens with one attached hydrogen (secondary N) is 1. The molecule has 1 aliphatic heterocycles. The number of aryl methyl sites for hydroxylation is 3. The first-order valence-electron chi connectivity index (χ1n) is 9.69. The minimum Gasteiger partial charge on any atom is -0.368 e. The second kappa shape index (κ2) is 8.74. The van der Waals surface area contributed by atoms with Gasteiger partial charge in [0.05, 0.1) is 10.7 Å². The number of aromatic nitrogens is 1. The van der Waals surface area contributed by atoms with Gasteiger partial charge in [-0.05, 0) is 44.9 Å². The summed E-state index contributed by atoms with van der Waals surface area (Å²) in [6.07, 6.45) is 0.999. The van der Waals surface area contributed by atoms with Gasteiger partial charge >= 0.3 is 0 Å². The predicted molar refractivity (Wildman–Crippen MR) is 116 cm³/mol. The summed E-state index contributed by atoms with van der Waals surface area (Å²) in [5.41, 5.74) is 5.29. The van der Waals surface area contributed by atoms with E-state index in [2.05, 4.69) is 71.0 Å². The molecule has 27 heavy (non-hydrogen) atoms. The quantitative estimate of drug-likeness (QED) is 0.648. The Morgan fingerprint density at radius 2 is 1.89 bits per heavy atom. The molecule has 1 fully saturated rings. The van der Waals surface area contributed by atoms with Crippen LogP contribution in [0.3, 0.4) is 0 Å². The number of thiazole rings is 1. The van der Waals surface area contributed by atoms with E-state index >= 15 is 0 Å². The molecule has 0 amide bonds. The number of hydrogen-bond donors (Lipinski definition) is 1. The largest absolute Gasteiger partial charge is 0.368 e. The zero-order chi connectivity index (χ0) is 19.4. The summed E-state index contributed by atoms with van der Waals surface area (Å²) in [5, 5.41) is 4.68. The summed E-state index contributed by atoms with van der Waals surface area (Å²) in [5.74, 6) is 1.01. The van der Waals surface area contributed by atoms with Crippen LogP contribution in [-0.2, 0) is 6.42 Å². The fourth-order valence-corrected chi connectivity index (χ4v) is 4.60. The first kappa shape index (κ1) is 19.7. The van der Waals surface area contributed by atoms with Crippen LogP contribution >= 0.6 is 11.3 Å². The lowest BCUT2D eigenvalue weighted by atomic mass is 10.1. The third-order valence-corrected chi connectivity index (χ3v) is 6.48. The maximum atomic E-state index is 4.51. The van der Waals surface area contributed by atoms with Crippen LogP contribution in [0.2, 0.25) is 0 Å². The molecule has 0 radical (unpaired) electrons. The molecule has 1 aromatic carbocycles. The molecule has 1 saturated heterocycles. The molecule has 1 aromatic heterocycles. The number of rotatable bonds is 4. The number of aliphatic imine (C=N–C) groups is 1. The minimum absolute atomic E-state index is 0.895. The van der Waals surface area contributed by atoms with E-state index in [1.54, 1.807) is 11.3 Å². The molecule has 0 aliphatic carbocycles. The Bertz CT molecular complexity index is 803. The summed E-state index contributed by atoms with van der Waals surface area (Å²) in [7, 11) is 1.88. The highest BCUT2D eigenvalue weighted by molar-refractivity contribution is 7.11. The predicted octanol–water partition coefficient (Wildman–Crippen LogP) is 3.32. The molecule has 1 aliphatic rings. The third kappa shape index (κ3) is 4.61. The van der Waals surface area contributed by atoms with Crippen molar-refractivity contribution in [3.05, 3.63) is 44.9 Å². The van der Waals surface area contributed by atoms with Gasteiger partial charge in [0.25, 0.3) is 0 Å². The molecule has 3 rings (SSSR count). The summed E-state index contributed by atoms with van der Waals surface area (Å²) in [4.78, 5) is 15.2. The van der Waals surface area contributed by atoms with Crippen molar-refractivity contribution >= 4 is 23.0 Å². The second-order valence-corrected chi connectivity index (χ2v) is 8.45. The molecular formula is C21H31N5S. The third-order valence-electron chi connectivity index (χ3n) is 5.34. The van der Waals surface area contributed by atoms with E-state index in [9.17, 15) is 0 Å². The molecule has 0 atom stereocenters. The summed E-state index contributed by atoms with van der Waals surface area (Å²) in [6, 6.07) is 6.59. The highest BCUT2D eigenvalue weighted by Crippen LogP contribution is 2.24. The van der Waals surface area contributed by atoms with Crippen molar-refractivity contribution in [1.82, 2.24) is 15.2 Å². The molecule has 5 nitrogen and oxygen atoms in total. The lowest BCUT2D eigenvalue weighted by Gasteiger charge is -2.38. The lowest BCUT2D eigenvalue weighted by Crippen LogP contribution is -2.53. The fraction of sp³-hybridized carbons (Fsp3) is 0.524. The first-order chi connectivity index (χ1) is 13.0. The van der Waals surface area contributed by atoms with Gasteiger partial charge in [0, 0.05) is 56.8 Å². The molecule has 2 aromatic rings. The van der Waals surface area contributed by atoms with Crippen molar-refractivity contribution in [3.8, 4) is 0 Å². The van der Waals surface area contributed by atoms with Gasteiger partial charge in [-0.2, -0.15) is 0 Å². The van der Waals surface area contributed by atoms with Gasteiger partial charge in [-0.15, -0.1) is 11.3 Å². The molecule has 6 heteroatoms. The molecule has 0 bridgehead atoms. The first-order valence-corrected chi connectivity index (χ1v) is 10.5. The van der Waals surface area contributed by atoms with Gasteiger partial charge in [-0.25, -0.2) is 4.98 Å². The average molecular weight is 386 g/mol.